The molecule has 0 aliphatic rings. The van der Waals surface area contributed by atoms with Gasteiger partial charge in [0.15, 0.2) is 17.8 Å². The monoisotopic (exact) mass is 363 g/mol. The predicted molar refractivity (Wildman–Crippen MR) is 104 cm³/mol. The average Bonchev–Trinajstić information content (AvgIpc) is 3.17. The molecule has 2 aromatic carbocycles. The fourth-order valence-corrected chi connectivity index (χ4v) is 2.64. The molecular formula is C21H21N3O3. The summed E-state index contributed by atoms with van der Waals surface area (Å²) in [6.07, 6.45) is 2.03. The molecule has 0 radical (unpaired) electrons. The number of oxazole rings is 1. The summed E-state index contributed by atoms with van der Waals surface area (Å²) in [5, 5.41) is 5.65. The van der Waals surface area contributed by atoms with Crippen LogP contribution in [0.1, 0.15) is 39.8 Å². The van der Waals surface area contributed by atoms with E-state index in [-0.39, 0.29) is 23.3 Å². The van der Waals surface area contributed by atoms with Gasteiger partial charge in [-0.15, -0.1) is 0 Å². The molecular weight excluding hydrogens is 342 g/mol. The number of aryl methyl sites for hydroxylation is 1. The minimum atomic E-state index is -0.325. The molecule has 0 aliphatic heterocycles. The number of amides is 2. The lowest BCUT2D eigenvalue weighted by atomic mass is 10.0. The predicted octanol–water partition coefficient (Wildman–Crippen LogP) is 4.04. The summed E-state index contributed by atoms with van der Waals surface area (Å²) in [4.78, 5) is 29.2. The standard InChI is InChI=1S/C21H21N3O3/c1-3-12-22-21(26)18-19(27-13-23-18)16-6-4-5-7-17(16)20(25)24-15-10-8-14(2)9-11-15/h4-11,13H,3,12H2,1-2H3,(H,22,26)(H,24,25). The summed E-state index contributed by atoms with van der Waals surface area (Å²) in [5.41, 5.74) is 2.89. The van der Waals surface area contributed by atoms with E-state index in [0.29, 0.717) is 23.4 Å². The van der Waals surface area contributed by atoms with E-state index in [4.69, 9.17) is 4.42 Å². The molecule has 0 aliphatic carbocycles. The second-order valence-electron chi connectivity index (χ2n) is 6.15. The zero-order chi connectivity index (χ0) is 19.2. The third-order valence-corrected chi connectivity index (χ3v) is 4.04. The smallest absolute Gasteiger partial charge is 0.273 e. The van der Waals surface area contributed by atoms with E-state index >= 15 is 0 Å². The summed E-state index contributed by atoms with van der Waals surface area (Å²) in [7, 11) is 0. The first-order chi connectivity index (χ1) is 13.1. The van der Waals surface area contributed by atoms with E-state index in [1.165, 1.54) is 6.39 Å². The number of carbonyl (C=O) groups excluding carboxylic acids is 2. The van der Waals surface area contributed by atoms with E-state index in [0.717, 1.165) is 12.0 Å². The number of carbonyl (C=O) groups is 2. The highest BCUT2D eigenvalue weighted by Gasteiger charge is 2.22. The molecule has 138 valence electrons. The maximum atomic E-state index is 12.8. The van der Waals surface area contributed by atoms with Crippen molar-refractivity contribution in [1.29, 1.82) is 0 Å². The topological polar surface area (TPSA) is 84.2 Å². The van der Waals surface area contributed by atoms with Crippen molar-refractivity contribution in [2.45, 2.75) is 20.3 Å². The van der Waals surface area contributed by atoms with Crippen LogP contribution in [0, 0.1) is 6.92 Å². The van der Waals surface area contributed by atoms with Gasteiger partial charge in [0.05, 0.1) is 5.56 Å². The Labute approximate surface area is 157 Å². The molecule has 3 rings (SSSR count). The molecule has 6 heteroatoms. The van der Waals surface area contributed by atoms with Gasteiger partial charge in [-0.3, -0.25) is 9.59 Å². The van der Waals surface area contributed by atoms with Crippen LogP contribution in [-0.4, -0.2) is 23.3 Å². The Balaban J connectivity index is 1.91. The molecule has 0 unspecified atom stereocenters. The number of nitrogens with zero attached hydrogens (tertiary/aromatic N) is 1. The van der Waals surface area contributed by atoms with Gasteiger partial charge in [-0.2, -0.15) is 0 Å². The van der Waals surface area contributed by atoms with Crippen LogP contribution in [0.4, 0.5) is 5.69 Å². The summed E-state index contributed by atoms with van der Waals surface area (Å²) in [6, 6.07) is 14.5. The van der Waals surface area contributed by atoms with Crippen LogP contribution in [0.25, 0.3) is 11.3 Å². The summed E-state index contributed by atoms with van der Waals surface area (Å²) in [6.45, 7) is 4.49. The molecule has 0 spiro atoms. The van der Waals surface area contributed by atoms with E-state index in [9.17, 15) is 9.59 Å². The fraction of sp³-hybridized carbons (Fsp3) is 0.190. The molecule has 0 saturated carbocycles. The Kier molecular flexibility index (Phi) is 5.66. The minimum Gasteiger partial charge on any atom is -0.443 e. The van der Waals surface area contributed by atoms with Crippen molar-refractivity contribution < 1.29 is 14.0 Å². The Hall–Kier alpha value is -3.41. The number of aromatic nitrogens is 1. The lowest BCUT2D eigenvalue weighted by molar-refractivity contribution is 0.0948. The Bertz CT molecular complexity index is 945. The zero-order valence-corrected chi connectivity index (χ0v) is 15.3. The fourth-order valence-electron chi connectivity index (χ4n) is 2.64. The molecule has 0 atom stereocenters. The highest BCUT2D eigenvalue weighted by atomic mass is 16.3. The molecule has 6 nitrogen and oxygen atoms in total. The molecule has 0 fully saturated rings. The first-order valence-electron chi connectivity index (χ1n) is 8.79. The van der Waals surface area contributed by atoms with Gasteiger partial charge in [0, 0.05) is 17.8 Å². The Morgan fingerprint density at radius 2 is 1.78 bits per heavy atom. The van der Waals surface area contributed by atoms with Crippen LogP contribution in [0.15, 0.2) is 59.3 Å². The van der Waals surface area contributed by atoms with Gasteiger partial charge in [-0.25, -0.2) is 4.98 Å². The number of benzene rings is 2. The van der Waals surface area contributed by atoms with Crippen LogP contribution in [-0.2, 0) is 0 Å². The van der Waals surface area contributed by atoms with Gasteiger partial charge in [0.25, 0.3) is 11.8 Å². The quantitative estimate of drug-likeness (QED) is 0.692. The molecule has 1 heterocycles. The zero-order valence-electron chi connectivity index (χ0n) is 15.3. The lowest BCUT2D eigenvalue weighted by Crippen LogP contribution is -2.25. The number of rotatable bonds is 6. The summed E-state index contributed by atoms with van der Waals surface area (Å²) < 4.78 is 5.46. The van der Waals surface area contributed by atoms with Crippen molar-refractivity contribution in [3.63, 3.8) is 0 Å². The van der Waals surface area contributed by atoms with Gasteiger partial charge >= 0.3 is 0 Å². The van der Waals surface area contributed by atoms with E-state index < -0.39 is 0 Å². The summed E-state index contributed by atoms with van der Waals surface area (Å²) >= 11 is 0. The van der Waals surface area contributed by atoms with Crippen molar-refractivity contribution in [1.82, 2.24) is 10.3 Å². The molecule has 3 aromatic rings. The lowest BCUT2D eigenvalue weighted by Gasteiger charge is -2.10. The van der Waals surface area contributed by atoms with Crippen molar-refractivity contribution in [2.75, 3.05) is 11.9 Å². The highest BCUT2D eigenvalue weighted by molar-refractivity contribution is 6.09. The first kappa shape index (κ1) is 18.4. The number of hydrogen-bond acceptors (Lipinski definition) is 4. The van der Waals surface area contributed by atoms with Gasteiger partial charge in [-0.05, 0) is 31.5 Å². The largest absolute Gasteiger partial charge is 0.443 e. The molecule has 0 bridgehead atoms. The van der Waals surface area contributed by atoms with Crippen LogP contribution >= 0.6 is 0 Å². The van der Waals surface area contributed by atoms with E-state index in [2.05, 4.69) is 15.6 Å². The number of hydrogen-bond donors (Lipinski definition) is 2. The molecule has 2 amide bonds. The Morgan fingerprint density at radius 1 is 1.04 bits per heavy atom. The van der Waals surface area contributed by atoms with Crippen molar-refractivity contribution in [2.24, 2.45) is 0 Å². The van der Waals surface area contributed by atoms with Crippen molar-refractivity contribution in [3.8, 4) is 11.3 Å². The number of nitrogens with one attached hydrogen (secondary N) is 2. The van der Waals surface area contributed by atoms with Crippen molar-refractivity contribution >= 4 is 17.5 Å². The average molecular weight is 363 g/mol. The van der Waals surface area contributed by atoms with Crippen molar-refractivity contribution in [3.05, 3.63) is 71.7 Å². The minimum absolute atomic E-state index is 0.166. The number of anilines is 1. The van der Waals surface area contributed by atoms with Crippen LogP contribution < -0.4 is 10.6 Å². The third-order valence-electron chi connectivity index (χ3n) is 4.04. The van der Waals surface area contributed by atoms with E-state index in [1.54, 1.807) is 24.3 Å². The summed E-state index contributed by atoms with van der Waals surface area (Å²) in [5.74, 6) is -0.335. The second-order valence-corrected chi connectivity index (χ2v) is 6.15. The highest BCUT2D eigenvalue weighted by Crippen LogP contribution is 2.27. The van der Waals surface area contributed by atoms with Crippen LogP contribution in [0.3, 0.4) is 0 Å². The SMILES string of the molecule is CCCNC(=O)c1ncoc1-c1ccccc1C(=O)Nc1ccc(C)cc1. The second kappa shape index (κ2) is 8.31. The van der Waals surface area contributed by atoms with Gasteiger partial charge in [0.2, 0.25) is 0 Å². The van der Waals surface area contributed by atoms with Gasteiger partial charge < -0.3 is 15.1 Å². The first-order valence-corrected chi connectivity index (χ1v) is 8.79. The maximum absolute atomic E-state index is 12.8. The normalized spacial score (nSPS) is 10.4. The van der Waals surface area contributed by atoms with Gasteiger partial charge in [-0.1, -0.05) is 42.8 Å². The third kappa shape index (κ3) is 4.23. The van der Waals surface area contributed by atoms with Gasteiger partial charge in [0.1, 0.15) is 0 Å². The molecule has 0 saturated heterocycles. The van der Waals surface area contributed by atoms with Crippen LogP contribution in [0.5, 0.6) is 0 Å². The molecule has 2 N–H and O–H groups in total. The maximum Gasteiger partial charge on any atom is 0.273 e. The van der Waals surface area contributed by atoms with E-state index in [1.807, 2.05) is 38.1 Å². The molecule has 1 aromatic heterocycles. The molecule has 27 heavy (non-hydrogen) atoms. The Morgan fingerprint density at radius 3 is 2.52 bits per heavy atom. The van der Waals surface area contributed by atoms with Crippen LogP contribution in [0.2, 0.25) is 0 Å².